The minimum absolute atomic E-state index is 0. The van der Waals surface area contributed by atoms with Gasteiger partial charge in [-0.05, 0) is 42.0 Å². The van der Waals surface area contributed by atoms with Gasteiger partial charge in [0.2, 0.25) is 0 Å². The molecule has 10 heteroatoms. The lowest BCUT2D eigenvalue weighted by Crippen LogP contribution is -2.28. The summed E-state index contributed by atoms with van der Waals surface area (Å²) in [6, 6.07) is 8.64. The third kappa shape index (κ3) is 4.54. The van der Waals surface area contributed by atoms with Gasteiger partial charge in [-0.15, -0.1) is 13.2 Å². The van der Waals surface area contributed by atoms with Crippen LogP contribution in [0.25, 0.3) is 0 Å². The maximum atomic E-state index is 12.1. The van der Waals surface area contributed by atoms with Crippen molar-refractivity contribution < 1.29 is 35.1 Å². The predicted molar refractivity (Wildman–Crippen MR) is 91.5 cm³/mol. The lowest BCUT2D eigenvalue weighted by molar-refractivity contribution is -0.274. The smallest absolute Gasteiger partial charge is 0.406 e. The van der Waals surface area contributed by atoms with Gasteiger partial charge >= 0.3 is 12.4 Å². The average Bonchev–Trinajstić information content (AvgIpc) is 2.87. The SMILES string of the molecule is O=C(NCc1ccc2c(c1)C(=O)NC2=O)Nc1ccc(OC(F)(F)F)cc1.[HH].[HH]. The largest absolute Gasteiger partial charge is 0.573 e. The Morgan fingerprint density at radius 2 is 1.70 bits per heavy atom. The van der Waals surface area contributed by atoms with E-state index in [9.17, 15) is 27.6 Å². The molecule has 4 amide bonds. The molecule has 0 radical (unpaired) electrons. The van der Waals surface area contributed by atoms with E-state index in [-0.39, 0.29) is 26.2 Å². The number of hydrogen-bond donors (Lipinski definition) is 3. The number of imide groups is 1. The van der Waals surface area contributed by atoms with Crippen LogP contribution in [0.15, 0.2) is 42.5 Å². The predicted octanol–water partition coefficient (Wildman–Crippen LogP) is 3.28. The lowest BCUT2D eigenvalue weighted by Gasteiger charge is -2.11. The second-order valence-corrected chi connectivity index (χ2v) is 5.54. The molecule has 2 aromatic rings. The van der Waals surface area contributed by atoms with Crippen molar-refractivity contribution in [2.75, 3.05) is 5.32 Å². The van der Waals surface area contributed by atoms with Gasteiger partial charge in [-0.3, -0.25) is 14.9 Å². The zero-order valence-electron chi connectivity index (χ0n) is 13.5. The molecule has 1 heterocycles. The van der Waals surface area contributed by atoms with Crippen LogP contribution in [-0.4, -0.2) is 24.2 Å². The Hall–Kier alpha value is -3.56. The van der Waals surface area contributed by atoms with Gasteiger partial charge in [-0.2, -0.15) is 0 Å². The van der Waals surface area contributed by atoms with Crippen LogP contribution in [0.5, 0.6) is 5.75 Å². The van der Waals surface area contributed by atoms with Crippen molar-refractivity contribution in [2.45, 2.75) is 12.9 Å². The number of rotatable bonds is 4. The Morgan fingerprint density at radius 3 is 2.37 bits per heavy atom. The van der Waals surface area contributed by atoms with Crippen molar-refractivity contribution in [1.82, 2.24) is 10.6 Å². The molecular formula is C17H16F3N3O4. The van der Waals surface area contributed by atoms with Gasteiger partial charge in [-0.1, -0.05) is 6.07 Å². The van der Waals surface area contributed by atoms with E-state index in [1.807, 2.05) is 0 Å². The van der Waals surface area contributed by atoms with Crippen LogP contribution in [0.2, 0.25) is 0 Å². The van der Waals surface area contributed by atoms with E-state index in [0.29, 0.717) is 5.56 Å². The Labute approximate surface area is 153 Å². The van der Waals surface area contributed by atoms with Gasteiger partial charge < -0.3 is 15.4 Å². The summed E-state index contributed by atoms with van der Waals surface area (Å²) in [6.07, 6.45) is -4.79. The monoisotopic (exact) mass is 383 g/mol. The fourth-order valence-corrected chi connectivity index (χ4v) is 2.42. The molecule has 0 unspecified atom stereocenters. The highest BCUT2D eigenvalue weighted by molar-refractivity contribution is 6.21. The number of benzene rings is 2. The minimum Gasteiger partial charge on any atom is -0.406 e. The Kier molecular flexibility index (Phi) is 4.72. The van der Waals surface area contributed by atoms with Gasteiger partial charge in [0.05, 0.1) is 11.1 Å². The maximum Gasteiger partial charge on any atom is 0.573 e. The summed E-state index contributed by atoms with van der Waals surface area (Å²) in [6.45, 7) is 0.0792. The number of urea groups is 1. The first kappa shape index (κ1) is 18.2. The van der Waals surface area contributed by atoms with E-state index in [1.165, 1.54) is 24.3 Å². The number of carbonyl (C=O) groups excluding carboxylic acids is 3. The molecule has 27 heavy (non-hydrogen) atoms. The van der Waals surface area contributed by atoms with Gasteiger partial charge in [0, 0.05) is 15.1 Å². The molecule has 1 aliphatic heterocycles. The van der Waals surface area contributed by atoms with Gasteiger partial charge in [-0.25, -0.2) is 4.79 Å². The molecular weight excluding hydrogens is 367 g/mol. The van der Waals surface area contributed by atoms with Crippen molar-refractivity contribution in [1.29, 1.82) is 0 Å². The number of alkyl halides is 3. The number of fused-ring (bicyclic) bond motifs is 1. The van der Waals surface area contributed by atoms with Crippen LogP contribution in [0.4, 0.5) is 23.7 Å². The van der Waals surface area contributed by atoms with Crippen molar-refractivity contribution in [3.8, 4) is 5.75 Å². The van der Waals surface area contributed by atoms with Crippen LogP contribution >= 0.6 is 0 Å². The van der Waals surface area contributed by atoms with E-state index in [2.05, 4.69) is 20.7 Å². The molecule has 2 aromatic carbocycles. The summed E-state index contributed by atoms with van der Waals surface area (Å²) in [5, 5.41) is 7.16. The van der Waals surface area contributed by atoms with Crippen LogP contribution in [0.1, 0.15) is 29.1 Å². The van der Waals surface area contributed by atoms with E-state index in [0.717, 1.165) is 12.1 Å². The van der Waals surface area contributed by atoms with Crippen LogP contribution in [0, 0.1) is 0 Å². The Balaban J connectivity index is 0.00000210. The molecule has 3 N–H and O–H groups in total. The number of nitrogens with one attached hydrogen (secondary N) is 3. The molecule has 144 valence electrons. The van der Waals surface area contributed by atoms with Gasteiger partial charge in [0.25, 0.3) is 11.8 Å². The summed E-state index contributed by atoms with van der Waals surface area (Å²) in [5.41, 5.74) is 1.37. The topological polar surface area (TPSA) is 96.5 Å². The summed E-state index contributed by atoms with van der Waals surface area (Å²) in [7, 11) is 0. The number of ether oxygens (including phenoxy) is 1. The van der Waals surface area contributed by atoms with Gasteiger partial charge in [0.15, 0.2) is 0 Å². The Bertz CT molecular complexity index is 921. The number of carbonyl (C=O) groups is 3. The van der Waals surface area contributed by atoms with Crippen molar-refractivity contribution >= 4 is 23.5 Å². The summed E-state index contributed by atoms with van der Waals surface area (Å²) >= 11 is 0. The minimum atomic E-state index is -4.79. The number of anilines is 1. The lowest BCUT2D eigenvalue weighted by atomic mass is 10.1. The van der Waals surface area contributed by atoms with Gasteiger partial charge in [0.1, 0.15) is 5.75 Å². The average molecular weight is 383 g/mol. The molecule has 0 atom stereocenters. The van der Waals surface area contributed by atoms with Crippen molar-refractivity contribution in [2.24, 2.45) is 0 Å². The zero-order valence-corrected chi connectivity index (χ0v) is 13.5. The zero-order chi connectivity index (χ0) is 19.6. The molecule has 0 saturated heterocycles. The molecule has 0 saturated carbocycles. The van der Waals surface area contributed by atoms with Crippen molar-refractivity contribution in [3.05, 3.63) is 59.2 Å². The highest BCUT2D eigenvalue weighted by Gasteiger charge is 2.31. The van der Waals surface area contributed by atoms with Crippen LogP contribution < -0.4 is 20.7 Å². The first-order valence-electron chi connectivity index (χ1n) is 7.60. The molecule has 0 fully saturated rings. The quantitative estimate of drug-likeness (QED) is 0.706. The second-order valence-electron chi connectivity index (χ2n) is 5.54. The first-order chi connectivity index (χ1) is 12.7. The van der Waals surface area contributed by atoms with E-state index in [4.69, 9.17) is 0 Å². The molecule has 0 aliphatic carbocycles. The molecule has 0 aromatic heterocycles. The fourth-order valence-electron chi connectivity index (χ4n) is 2.42. The second kappa shape index (κ2) is 6.98. The number of hydrogen-bond acceptors (Lipinski definition) is 4. The van der Waals surface area contributed by atoms with Crippen molar-refractivity contribution in [3.63, 3.8) is 0 Å². The standard InChI is InChI=1S/C17H12F3N3O4.2H2/c18-17(19,20)27-11-4-2-10(3-5-11)22-16(26)21-8-9-1-6-12-13(7-9)15(25)23-14(12)24;;/h1-7H,8H2,(H2,21,22,26)(H,23,24,25);2*1H. The number of amides is 4. The highest BCUT2D eigenvalue weighted by Crippen LogP contribution is 2.24. The third-order valence-electron chi connectivity index (χ3n) is 3.60. The molecule has 0 spiro atoms. The summed E-state index contributed by atoms with van der Waals surface area (Å²) in [5.74, 6) is -1.37. The third-order valence-corrected chi connectivity index (χ3v) is 3.60. The molecule has 3 rings (SSSR count). The first-order valence-corrected chi connectivity index (χ1v) is 7.60. The maximum absolute atomic E-state index is 12.1. The van der Waals surface area contributed by atoms with E-state index < -0.39 is 30.0 Å². The molecule has 7 nitrogen and oxygen atoms in total. The van der Waals surface area contributed by atoms with E-state index >= 15 is 0 Å². The van der Waals surface area contributed by atoms with Crippen LogP contribution in [0.3, 0.4) is 0 Å². The molecule has 1 aliphatic rings. The molecule has 0 bridgehead atoms. The Morgan fingerprint density at radius 1 is 1.04 bits per heavy atom. The van der Waals surface area contributed by atoms with Crippen LogP contribution in [-0.2, 0) is 6.54 Å². The number of halogens is 3. The van der Waals surface area contributed by atoms with E-state index in [1.54, 1.807) is 6.07 Å². The normalized spacial score (nSPS) is 13.0. The summed E-state index contributed by atoms with van der Waals surface area (Å²) in [4.78, 5) is 35.0. The fraction of sp³-hybridized carbons (Fsp3) is 0.118. The summed E-state index contributed by atoms with van der Waals surface area (Å²) < 4.78 is 40.0. The highest BCUT2D eigenvalue weighted by atomic mass is 19.4.